The van der Waals surface area contributed by atoms with Crippen LogP contribution in [-0.4, -0.2) is 4.98 Å². The zero-order valence-corrected chi connectivity index (χ0v) is 8.55. The van der Waals surface area contributed by atoms with Crippen molar-refractivity contribution in [2.45, 2.75) is 0 Å². The second-order valence-electron chi connectivity index (χ2n) is 3.61. The van der Waals surface area contributed by atoms with Crippen molar-refractivity contribution < 1.29 is 4.42 Å². The van der Waals surface area contributed by atoms with Crippen LogP contribution in [0.2, 0.25) is 0 Å². The Bertz CT molecular complexity index is 629. The van der Waals surface area contributed by atoms with E-state index >= 15 is 0 Å². The molecule has 0 fully saturated rings. The van der Waals surface area contributed by atoms with Gasteiger partial charge in [-0.1, -0.05) is 24.3 Å². The Kier molecular flexibility index (Phi) is 1.90. The van der Waals surface area contributed by atoms with Gasteiger partial charge in [-0.3, -0.25) is 4.98 Å². The largest absolute Gasteiger partial charge is 0.440 e. The van der Waals surface area contributed by atoms with Crippen molar-refractivity contribution in [1.82, 2.24) is 4.98 Å². The first-order valence-corrected chi connectivity index (χ1v) is 5.03. The van der Waals surface area contributed by atoms with E-state index in [4.69, 9.17) is 10.2 Å². The fourth-order valence-electron chi connectivity index (χ4n) is 1.83. The van der Waals surface area contributed by atoms with Crippen molar-refractivity contribution in [1.29, 1.82) is 0 Å². The predicted octanol–water partition coefficient (Wildman–Crippen LogP) is 3.08. The Morgan fingerprint density at radius 3 is 2.88 bits per heavy atom. The molecule has 16 heavy (non-hydrogen) atoms. The molecule has 3 aromatic rings. The molecule has 0 aliphatic rings. The number of hydrogen-bond acceptors (Lipinski definition) is 3. The number of anilines is 1. The maximum absolute atomic E-state index is 5.66. The summed E-state index contributed by atoms with van der Waals surface area (Å²) in [6.07, 6.45) is 3.56. The van der Waals surface area contributed by atoms with Gasteiger partial charge in [-0.15, -0.1) is 0 Å². The lowest BCUT2D eigenvalue weighted by atomic mass is 10.1. The number of fused-ring (bicyclic) bond motifs is 1. The molecule has 0 unspecified atom stereocenters. The number of hydrogen-bond donors (Lipinski definition) is 1. The highest BCUT2D eigenvalue weighted by Gasteiger charge is 2.07. The van der Waals surface area contributed by atoms with Gasteiger partial charge in [-0.25, -0.2) is 0 Å². The smallest absolute Gasteiger partial charge is 0.191 e. The first kappa shape index (κ1) is 8.97. The van der Waals surface area contributed by atoms with Crippen LogP contribution in [0.1, 0.15) is 0 Å². The molecule has 3 nitrogen and oxygen atoms in total. The molecule has 2 heterocycles. The number of furan rings is 1. The van der Waals surface area contributed by atoms with Gasteiger partial charge in [0, 0.05) is 35.0 Å². The summed E-state index contributed by atoms with van der Waals surface area (Å²) in [6.45, 7) is 0. The summed E-state index contributed by atoms with van der Waals surface area (Å²) in [5, 5.41) is 1.01. The van der Waals surface area contributed by atoms with Crippen LogP contribution >= 0.6 is 0 Å². The first-order chi connectivity index (χ1) is 7.84. The number of nitrogens with two attached hydrogens (primary N) is 1. The SMILES string of the molecule is Nc1cc2cccc(-c3cccnc3)c2o1. The Hall–Kier alpha value is -2.29. The zero-order chi connectivity index (χ0) is 11.0. The molecule has 0 atom stereocenters. The van der Waals surface area contributed by atoms with Crippen LogP contribution in [0.5, 0.6) is 0 Å². The van der Waals surface area contributed by atoms with E-state index in [9.17, 15) is 0 Å². The highest BCUT2D eigenvalue weighted by Crippen LogP contribution is 2.31. The van der Waals surface area contributed by atoms with Crippen molar-refractivity contribution in [2.75, 3.05) is 5.73 Å². The van der Waals surface area contributed by atoms with E-state index in [0.717, 1.165) is 22.1 Å². The molecule has 0 amide bonds. The van der Waals surface area contributed by atoms with E-state index in [1.165, 1.54) is 0 Å². The molecule has 1 aromatic carbocycles. The summed E-state index contributed by atoms with van der Waals surface area (Å²) in [6, 6.07) is 11.7. The van der Waals surface area contributed by atoms with Gasteiger partial charge in [0.05, 0.1) is 0 Å². The third-order valence-corrected chi connectivity index (χ3v) is 2.54. The standard InChI is InChI=1S/C13H10N2O/c14-12-7-9-3-1-5-11(13(9)16-12)10-4-2-6-15-8-10/h1-8H,14H2. The van der Waals surface area contributed by atoms with Crippen molar-refractivity contribution in [2.24, 2.45) is 0 Å². The van der Waals surface area contributed by atoms with Gasteiger partial charge in [0.15, 0.2) is 5.88 Å². The Morgan fingerprint density at radius 2 is 2.06 bits per heavy atom. The molecule has 0 radical (unpaired) electrons. The molecule has 0 spiro atoms. The number of nitrogen functional groups attached to an aromatic ring is 1. The maximum Gasteiger partial charge on any atom is 0.191 e. The van der Waals surface area contributed by atoms with Gasteiger partial charge in [0.25, 0.3) is 0 Å². The quantitative estimate of drug-likeness (QED) is 0.671. The predicted molar refractivity (Wildman–Crippen MR) is 63.9 cm³/mol. The highest BCUT2D eigenvalue weighted by molar-refractivity contribution is 5.93. The second kappa shape index (κ2) is 3.38. The van der Waals surface area contributed by atoms with Crippen LogP contribution in [0, 0.1) is 0 Å². The van der Waals surface area contributed by atoms with Gasteiger partial charge >= 0.3 is 0 Å². The normalized spacial score (nSPS) is 10.8. The van der Waals surface area contributed by atoms with Crippen LogP contribution in [0.15, 0.2) is 53.2 Å². The lowest BCUT2D eigenvalue weighted by molar-refractivity contribution is 0.638. The number of aromatic nitrogens is 1. The van der Waals surface area contributed by atoms with Crippen LogP contribution in [0.4, 0.5) is 5.88 Å². The van der Waals surface area contributed by atoms with Crippen LogP contribution in [-0.2, 0) is 0 Å². The van der Waals surface area contributed by atoms with E-state index in [0.29, 0.717) is 5.88 Å². The van der Waals surface area contributed by atoms with Crippen LogP contribution in [0.25, 0.3) is 22.1 Å². The number of benzene rings is 1. The molecule has 3 heteroatoms. The Balaban J connectivity index is 2.31. The topological polar surface area (TPSA) is 52.0 Å². The number of para-hydroxylation sites is 1. The summed E-state index contributed by atoms with van der Waals surface area (Å²) < 4.78 is 5.50. The molecule has 2 aromatic heterocycles. The minimum atomic E-state index is 0.436. The van der Waals surface area contributed by atoms with E-state index in [-0.39, 0.29) is 0 Å². The molecular weight excluding hydrogens is 200 g/mol. The van der Waals surface area contributed by atoms with Gasteiger partial charge in [-0.2, -0.15) is 0 Å². The minimum absolute atomic E-state index is 0.436. The van der Waals surface area contributed by atoms with Gasteiger partial charge in [-0.05, 0) is 6.07 Å². The number of rotatable bonds is 1. The van der Waals surface area contributed by atoms with Crippen LogP contribution < -0.4 is 5.73 Å². The van der Waals surface area contributed by atoms with Crippen molar-refractivity contribution >= 4 is 16.9 Å². The molecule has 3 rings (SSSR count). The van der Waals surface area contributed by atoms with Gasteiger partial charge in [0.2, 0.25) is 0 Å². The molecule has 78 valence electrons. The summed E-state index contributed by atoms with van der Waals surface area (Å²) in [5.74, 6) is 0.436. The molecule has 0 aliphatic heterocycles. The molecule has 0 bridgehead atoms. The van der Waals surface area contributed by atoms with Gasteiger partial charge < -0.3 is 10.2 Å². The Labute approximate surface area is 92.5 Å². The highest BCUT2D eigenvalue weighted by atomic mass is 16.3. The second-order valence-corrected chi connectivity index (χ2v) is 3.61. The van der Waals surface area contributed by atoms with E-state index < -0.39 is 0 Å². The van der Waals surface area contributed by atoms with Crippen molar-refractivity contribution in [3.05, 3.63) is 48.8 Å². The average molecular weight is 210 g/mol. The fourth-order valence-corrected chi connectivity index (χ4v) is 1.83. The monoisotopic (exact) mass is 210 g/mol. The molecule has 0 saturated carbocycles. The zero-order valence-electron chi connectivity index (χ0n) is 8.55. The third kappa shape index (κ3) is 1.34. The minimum Gasteiger partial charge on any atom is -0.440 e. The first-order valence-electron chi connectivity index (χ1n) is 5.03. The Morgan fingerprint density at radius 1 is 1.12 bits per heavy atom. The molecule has 2 N–H and O–H groups in total. The van der Waals surface area contributed by atoms with Crippen LogP contribution in [0.3, 0.4) is 0 Å². The van der Waals surface area contributed by atoms with Gasteiger partial charge in [0.1, 0.15) is 5.58 Å². The van der Waals surface area contributed by atoms with E-state index in [1.807, 2.05) is 42.6 Å². The molecule has 0 saturated heterocycles. The summed E-state index contributed by atoms with van der Waals surface area (Å²) in [7, 11) is 0. The van der Waals surface area contributed by atoms with Crippen molar-refractivity contribution in [3.8, 4) is 11.1 Å². The number of pyridine rings is 1. The summed E-state index contributed by atoms with van der Waals surface area (Å²) in [5.41, 5.74) is 8.51. The molecule has 0 aliphatic carbocycles. The lowest BCUT2D eigenvalue weighted by Crippen LogP contribution is -1.79. The van der Waals surface area contributed by atoms with Crippen molar-refractivity contribution in [3.63, 3.8) is 0 Å². The fraction of sp³-hybridized carbons (Fsp3) is 0. The summed E-state index contributed by atoms with van der Waals surface area (Å²) in [4.78, 5) is 4.10. The molecular formula is C13H10N2O. The maximum atomic E-state index is 5.66. The average Bonchev–Trinajstić information content (AvgIpc) is 2.70. The lowest BCUT2D eigenvalue weighted by Gasteiger charge is -2.00. The summed E-state index contributed by atoms with van der Waals surface area (Å²) >= 11 is 0. The number of nitrogens with zero attached hydrogens (tertiary/aromatic N) is 1. The van der Waals surface area contributed by atoms with E-state index in [1.54, 1.807) is 6.20 Å². The van der Waals surface area contributed by atoms with E-state index in [2.05, 4.69) is 4.98 Å². The third-order valence-electron chi connectivity index (χ3n) is 2.54.